The molecular formula is C30H38N4O2. The van der Waals surface area contributed by atoms with Crippen LogP contribution in [0.1, 0.15) is 61.1 Å². The molecule has 190 valence electrons. The van der Waals surface area contributed by atoms with E-state index in [1.165, 1.54) is 11.1 Å². The van der Waals surface area contributed by atoms with Crippen molar-refractivity contribution in [1.29, 1.82) is 0 Å². The molecule has 0 spiro atoms. The van der Waals surface area contributed by atoms with Crippen molar-refractivity contribution in [1.82, 2.24) is 21.3 Å². The van der Waals surface area contributed by atoms with Gasteiger partial charge in [-0.05, 0) is 63.8 Å². The highest BCUT2D eigenvalue weighted by atomic mass is 16.2. The van der Waals surface area contributed by atoms with Crippen molar-refractivity contribution in [3.05, 3.63) is 106 Å². The third kappa shape index (κ3) is 7.60. The van der Waals surface area contributed by atoms with Gasteiger partial charge in [0.1, 0.15) is 0 Å². The van der Waals surface area contributed by atoms with E-state index in [-0.39, 0.29) is 12.1 Å². The van der Waals surface area contributed by atoms with E-state index in [4.69, 9.17) is 0 Å². The summed E-state index contributed by atoms with van der Waals surface area (Å²) in [6, 6.07) is 23.6. The van der Waals surface area contributed by atoms with Crippen LogP contribution in [0.15, 0.2) is 72.8 Å². The Kier molecular flexibility index (Phi) is 8.41. The zero-order valence-corrected chi connectivity index (χ0v) is 22.2. The number of carbonyl (C=O) groups excluding carboxylic acids is 2. The summed E-state index contributed by atoms with van der Waals surface area (Å²) in [6.45, 7) is 12.8. The van der Waals surface area contributed by atoms with Crippen LogP contribution in [-0.4, -0.2) is 12.1 Å². The third-order valence-corrected chi connectivity index (χ3v) is 6.31. The van der Waals surface area contributed by atoms with Crippen molar-refractivity contribution < 1.29 is 9.59 Å². The Hall–Kier alpha value is -3.80. The second-order valence-electron chi connectivity index (χ2n) is 10.4. The second kappa shape index (κ2) is 11.3. The number of nitrogens with one attached hydrogen (secondary N) is 4. The molecule has 0 radical (unpaired) electrons. The Labute approximate surface area is 214 Å². The fraction of sp³-hybridized carbons (Fsp3) is 0.333. The quantitative estimate of drug-likeness (QED) is 0.326. The van der Waals surface area contributed by atoms with E-state index in [0.717, 1.165) is 22.3 Å². The van der Waals surface area contributed by atoms with Gasteiger partial charge in [0.05, 0.1) is 11.1 Å². The van der Waals surface area contributed by atoms with Crippen molar-refractivity contribution in [2.45, 2.75) is 65.7 Å². The molecule has 0 fully saturated rings. The van der Waals surface area contributed by atoms with Crippen LogP contribution in [-0.2, 0) is 24.2 Å². The zero-order chi connectivity index (χ0) is 26.3. The first kappa shape index (κ1) is 26.8. The number of aryl methyl sites for hydroxylation is 2. The Bertz CT molecular complexity index is 1090. The van der Waals surface area contributed by atoms with E-state index in [2.05, 4.69) is 21.3 Å². The molecule has 0 atom stereocenters. The molecule has 6 nitrogen and oxygen atoms in total. The van der Waals surface area contributed by atoms with E-state index in [9.17, 15) is 9.59 Å². The van der Waals surface area contributed by atoms with Gasteiger partial charge in [-0.3, -0.25) is 0 Å². The topological polar surface area (TPSA) is 82.3 Å². The lowest BCUT2D eigenvalue weighted by Gasteiger charge is -2.31. The van der Waals surface area contributed by atoms with Crippen LogP contribution < -0.4 is 21.3 Å². The van der Waals surface area contributed by atoms with Crippen LogP contribution in [0.4, 0.5) is 9.59 Å². The normalized spacial score (nSPS) is 11.5. The molecule has 4 N–H and O–H groups in total. The van der Waals surface area contributed by atoms with Gasteiger partial charge in [0.15, 0.2) is 0 Å². The lowest BCUT2D eigenvalue weighted by molar-refractivity contribution is 0.229. The number of rotatable bonds is 8. The zero-order valence-electron chi connectivity index (χ0n) is 22.2. The van der Waals surface area contributed by atoms with Crippen molar-refractivity contribution in [3.63, 3.8) is 0 Å². The predicted molar refractivity (Wildman–Crippen MR) is 146 cm³/mol. The maximum atomic E-state index is 12.6. The molecule has 0 heterocycles. The van der Waals surface area contributed by atoms with Crippen LogP contribution in [0.2, 0.25) is 0 Å². The number of amides is 4. The molecule has 6 heteroatoms. The molecule has 3 rings (SSSR count). The molecule has 3 aromatic rings. The standard InChI is InChI=1S/C30H38N4O2/c1-21-10-14-23(15-11-21)19-31-27(35)33-29(3,4)25-8-7-9-26(18-25)30(5,6)34-28(36)32-20-24-16-12-22(2)13-17-24/h7-18H,19-20H2,1-6H3,(H2,31,33,35)(H2,32,34,36). The molecule has 0 saturated heterocycles. The summed E-state index contributed by atoms with van der Waals surface area (Å²) in [7, 11) is 0. The van der Waals surface area contributed by atoms with Crippen molar-refractivity contribution in [2.24, 2.45) is 0 Å². The summed E-state index contributed by atoms with van der Waals surface area (Å²) in [6.07, 6.45) is 0. The minimum absolute atomic E-state index is 0.237. The average molecular weight is 487 g/mol. The summed E-state index contributed by atoms with van der Waals surface area (Å²) < 4.78 is 0. The van der Waals surface area contributed by atoms with Crippen molar-refractivity contribution in [3.8, 4) is 0 Å². The molecule has 0 aliphatic rings. The van der Waals surface area contributed by atoms with Gasteiger partial charge in [-0.1, -0.05) is 83.9 Å². The van der Waals surface area contributed by atoms with Crippen molar-refractivity contribution >= 4 is 12.1 Å². The van der Waals surface area contributed by atoms with Gasteiger partial charge in [0.25, 0.3) is 0 Å². The monoisotopic (exact) mass is 486 g/mol. The van der Waals surface area contributed by atoms with Gasteiger partial charge < -0.3 is 21.3 Å². The van der Waals surface area contributed by atoms with Gasteiger partial charge >= 0.3 is 12.1 Å². The van der Waals surface area contributed by atoms with Crippen LogP contribution in [0.5, 0.6) is 0 Å². The predicted octanol–water partition coefficient (Wildman–Crippen LogP) is 5.77. The van der Waals surface area contributed by atoms with E-state index in [0.29, 0.717) is 13.1 Å². The maximum Gasteiger partial charge on any atom is 0.315 e. The summed E-state index contributed by atoms with van der Waals surface area (Å²) in [5.41, 5.74) is 5.12. The molecule has 36 heavy (non-hydrogen) atoms. The Morgan fingerprint density at radius 2 is 0.972 bits per heavy atom. The number of hydrogen-bond acceptors (Lipinski definition) is 2. The number of urea groups is 2. The van der Waals surface area contributed by atoms with Crippen LogP contribution in [0, 0.1) is 13.8 Å². The number of hydrogen-bond donors (Lipinski definition) is 4. The second-order valence-corrected chi connectivity index (χ2v) is 10.4. The first-order chi connectivity index (χ1) is 16.9. The fourth-order valence-electron chi connectivity index (χ4n) is 3.87. The van der Waals surface area contributed by atoms with Crippen molar-refractivity contribution in [2.75, 3.05) is 0 Å². The van der Waals surface area contributed by atoms with Crippen LogP contribution in [0.3, 0.4) is 0 Å². The van der Waals surface area contributed by atoms with E-state index >= 15 is 0 Å². The summed E-state index contributed by atoms with van der Waals surface area (Å²) in [5.74, 6) is 0. The first-order valence-electron chi connectivity index (χ1n) is 12.3. The molecule has 3 aromatic carbocycles. The SMILES string of the molecule is Cc1ccc(CNC(=O)NC(C)(C)c2cccc(C(C)(C)NC(=O)NCc3ccc(C)cc3)c2)cc1. The highest BCUT2D eigenvalue weighted by molar-refractivity contribution is 5.75. The van der Waals surface area contributed by atoms with E-state index in [1.807, 2.05) is 114 Å². The minimum atomic E-state index is -0.614. The molecular weight excluding hydrogens is 448 g/mol. The third-order valence-electron chi connectivity index (χ3n) is 6.31. The molecule has 4 amide bonds. The molecule has 0 aliphatic heterocycles. The summed E-state index contributed by atoms with van der Waals surface area (Å²) >= 11 is 0. The molecule has 0 bridgehead atoms. The van der Waals surface area contributed by atoms with E-state index < -0.39 is 11.1 Å². The van der Waals surface area contributed by atoms with Gasteiger partial charge in [-0.2, -0.15) is 0 Å². The smallest absolute Gasteiger partial charge is 0.315 e. The minimum Gasteiger partial charge on any atom is -0.334 e. The van der Waals surface area contributed by atoms with Crippen LogP contribution in [0.25, 0.3) is 0 Å². The highest BCUT2D eigenvalue weighted by Crippen LogP contribution is 2.26. The van der Waals surface area contributed by atoms with Gasteiger partial charge in [0, 0.05) is 13.1 Å². The molecule has 0 saturated carbocycles. The van der Waals surface area contributed by atoms with Gasteiger partial charge in [0.2, 0.25) is 0 Å². The lowest BCUT2D eigenvalue weighted by Crippen LogP contribution is -2.47. The summed E-state index contributed by atoms with van der Waals surface area (Å²) in [5, 5.41) is 12.0. The number of carbonyl (C=O) groups is 2. The Morgan fingerprint density at radius 1 is 0.611 bits per heavy atom. The average Bonchev–Trinajstić information content (AvgIpc) is 2.83. The largest absolute Gasteiger partial charge is 0.334 e. The first-order valence-corrected chi connectivity index (χ1v) is 12.3. The van der Waals surface area contributed by atoms with Gasteiger partial charge in [-0.25, -0.2) is 9.59 Å². The Morgan fingerprint density at radius 3 is 1.33 bits per heavy atom. The maximum absolute atomic E-state index is 12.6. The summed E-state index contributed by atoms with van der Waals surface area (Å²) in [4.78, 5) is 25.2. The Balaban J connectivity index is 1.59. The molecule has 0 aliphatic carbocycles. The highest BCUT2D eigenvalue weighted by Gasteiger charge is 2.27. The number of benzene rings is 3. The lowest BCUT2D eigenvalue weighted by atomic mass is 9.87. The van der Waals surface area contributed by atoms with Gasteiger partial charge in [-0.15, -0.1) is 0 Å². The molecule has 0 unspecified atom stereocenters. The van der Waals surface area contributed by atoms with E-state index in [1.54, 1.807) is 0 Å². The fourth-order valence-corrected chi connectivity index (χ4v) is 3.87. The molecule has 0 aromatic heterocycles. The van der Waals surface area contributed by atoms with Crippen LogP contribution >= 0.6 is 0 Å².